The number of ether oxygens (including phenoxy) is 2. The average molecular weight is 440 g/mol. The second-order valence-corrected chi connectivity index (χ2v) is 8.06. The third-order valence-corrected chi connectivity index (χ3v) is 5.37. The number of allylic oxidation sites excluding steroid dienone is 1. The van der Waals surface area contributed by atoms with E-state index in [1.165, 1.54) is 6.08 Å². The Labute approximate surface area is 190 Å². The van der Waals surface area contributed by atoms with Crippen LogP contribution in [0.15, 0.2) is 60.8 Å². The number of methoxy groups -OCH3 is 1. The van der Waals surface area contributed by atoms with Gasteiger partial charge in [0.2, 0.25) is 0 Å². The lowest BCUT2D eigenvalue weighted by atomic mass is 10.1. The monoisotopic (exact) mass is 439 g/mol. The van der Waals surface area contributed by atoms with Gasteiger partial charge in [0.25, 0.3) is 0 Å². The summed E-state index contributed by atoms with van der Waals surface area (Å²) in [6, 6.07) is 15.2. The summed E-state index contributed by atoms with van der Waals surface area (Å²) in [4.78, 5) is 18.8. The highest BCUT2D eigenvalue weighted by Crippen LogP contribution is 2.28. The minimum absolute atomic E-state index is 0.128. The van der Waals surface area contributed by atoms with E-state index in [2.05, 4.69) is 15.9 Å². The number of para-hydroxylation sites is 3. The Kier molecular flexibility index (Phi) is 8.53. The molecule has 1 unspecified atom stereocenters. The van der Waals surface area contributed by atoms with Crippen LogP contribution in [0.1, 0.15) is 10.4 Å². The first-order valence-corrected chi connectivity index (χ1v) is 10.9. The molecular formula is C25H33N3O4. The number of ketones is 1. The van der Waals surface area contributed by atoms with Gasteiger partial charge in [0.05, 0.1) is 18.4 Å². The SMILES string of the molecule is COc1ccccc1N1CCN(CC(O)COc2ccccc2C(=O)C=CN(C)C)CC1. The van der Waals surface area contributed by atoms with Crippen LogP contribution in [-0.4, -0.2) is 87.3 Å². The summed E-state index contributed by atoms with van der Waals surface area (Å²) in [5.74, 6) is 1.24. The molecule has 1 saturated heterocycles. The summed E-state index contributed by atoms with van der Waals surface area (Å²) in [5, 5.41) is 10.5. The molecule has 0 aromatic heterocycles. The van der Waals surface area contributed by atoms with Gasteiger partial charge in [0.15, 0.2) is 5.78 Å². The van der Waals surface area contributed by atoms with Crippen LogP contribution < -0.4 is 14.4 Å². The zero-order chi connectivity index (χ0) is 22.9. The Balaban J connectivity index is 1.49. The van der Waals surface area contributed by atoms with Crippen LogP contribution in [0.5, 0.6) is 11.5 Å². The standard InChI is InChI=1S/C25H33N3O4/c1-26(2)13-12-23(30)21-8-4-6-10-24(21)32-19-20(29)18-27-14-16-28(17-15-27)22-9-5-7-11-25(22)31-3/h4-13,20,29H,14-19H2,1-3H3. The van der Waals surface area contributed by atoms with Gasteiger partial charge in [-0.2, -0.15) is 0 Å². The lowest BCUT2D eigenvalue weighted by Gasteiger charge is -2.37. The van der Waals surface area contributed by atoms with Crippen LogP contribution in [-0.2, 0) is 0 Å². The van der Waals surface area contributed by atoms with E-state index in [9.17, 15) is 9.90 Å². The van der Waals surface area contributed by atoms with Gasteiger partial charge < -0.3 is 24.4 Å². The maximum absolute atomic E-state index is 12.4. The molecule has 1 atom stereocenters. The van der Waals surface area contributed by atoms with Crippen molar-refractivity contribution in [1.29, 1.82) is 0 Å². The lowest BCUT2D eigenvalue weighted by molar-refractivity contribution is 0.0657. The van der Waals surface area contributed by atoms with Gasteiger partial charge in [-0.25, -0.2) is 0 Å². The highest BCUT2D eigenvalue weighted by Gasteiger charge is 2.22. The molecule has 1 N–H and O–H groups in total. The molecule has 7 heteroatoms. The molecule has 2 aromatic carbocycles. The molecule has 32 heavy (non-hydrogen) atoms. The third kappa shape index (κ3) is 6.48. The number of carbonyl (C=O) groups excluding carboxylic acids is 1. The summed E-state index contributed by atoms with van der Waals surface area (Å²) in [6.07, 6.45) is 2.58. The van der Waals surface area contributed by atoms with Crippen molar-refractivity contribution in [2.24, 2.45) is 0 Å². The van der Waals surface area contributed by atoms with E-state index >= 15 is 0 Å². The second-order valence-electron chi connectivity index (χ2n) is 8.06. The molecule has 0 radical (unpaired) electrons. The van der Waals surface area contributed by atoms with Crippen molar-refractivity contribution in [3.05, 3.63) is 66.4 Å². The van der Waals surface area contributed by atoms with E-state index in [0.717, 1.165) is 37.6 Å². The molecule has 172 valence electrons. The van der Waals surface area contributed by atoms with E-state index in [1.807, 2.05) is 38.4 Å². The van der Waals surface area contributed by atoms with Crippen molar-refractivity contribution in [3.63, 3.8) is 0 Å². The summed E-state index contributed by atoms with van der Waals surface area (Å²) in [7, 11) is 5.41. The fourth-order valence-electron chi connectivity index (χ4n) is 3.70. The van der Waals surface area contributed by atoms with Crippen LogP contribution in [0.4, 0.5) is 5.69 Å². The van der Waals surface area contributed by atoms with Gasteiger partial charge in [-0.05, 0) is 24.3 Å². The molecule has 3 rings (SSSR count). The summed E-state index contributed by atoms with van der Waals surface area (Å²) < 4.78 is 11.3. The number of carbonyl (C=O) groups is 1. The Bertz CT molecular complexity index is 908. The van der Waals surface area contributed by atoms with E-state index in [0.29, 0.717) is 17.9 Å². The first-order valence-electron chi connectivity index (χ1n) is 10.9. The fourth-order valence-corrected chi connectivity index (χ4v) is 3.70. The van der Waals surface area contributed by atoms with E-state index in [1.54, 1.807) is 36.4 Å². The Morgan fingerprint density at radius 3 is 2.41 bits per heavy atom. The van der Waals surface area contributed by atoms with Crippen LogP contribution in [0, 0.1) is 0 Å². The van der Waals surface area contributed by atoms with E-state index < -0.39 is 6.10 Å². The predicted molar refractivity (Wildman–Crippen MR) is 127 cm³/mol. The Morgan fingerprint density at radius 1 is 1.06 bits per heavy atom. The minimum Gasteiger partial charge on any atom is -0.495 e. The van der Waals surface area contributed by atoms with Crippen LogP contribution in [0.3, 0.4) is 0 Å². The molecule has 1 aliphatic heterocycles. The predicted octanol–water partition coefficient (Wildman–Crippen LogP) is 2.52. The number of β-amino-alcohol motifs (C(OH)–C–C–N with tert-alkyl or cyclic N) is 1. The molecular weight excluding hydrogens is 406 g/mol. The van der Waals surface area contributed by atoms with Crippen LogP contribution >= 0.6 is 0 Å². The molecule has 0 saturated carbocycles. The Hall–Kier alpha value is -3.03. The van der Waals surface area contributed by atoms with Gasteiger partial charge in [-0.3, -0.25) is 9.69 Å². The highest BCUT2D eigenvalue weighted by atomic mass is 16.5. The lowest BCUT2D eigenvalue weighted by Crippen LogP contribution is -2.49. The maximum atomic E-state index is 12.4. The fraction of sp³-hybridized carbons (Fsp3) is 0.400. The Morgan fingerprint density at radius 2 is 1.72 bits per heavy atom. The van der Waals surface area contributed by atoms with Crippen molar-refractivity contribution in [2.75, 3.05) is 65.4 Å². The van der Waals surface area contributed by atoms with Crippen molar-refractivity contribution in [2.45, 2.75) is 6.10 Å². The van der Waals surface area contributed by atoms with Gasteiger partial charge >= 0.3 is 0 Å². The number of nitrogens with zero attached hydrogens (tertiary/aromatic N) is 3. The number of benzene rings is 2. The number of anilines is 1. The summed E-state index contributed by atoms with van der Waals surface area (Å²) in [6.45, 7) is 4.08. The normalized spacial score (nSPS) is 15.6. The van der Waals surface area contributed by atoms with E-state index in [-0.39, 0.29) is 12.4 Å². The molecule has 7 nitrogen and oxygen atoms in total. The molecule has 2 aromatic rings. The number of aliphatic hydroxyl groups is 1. The zero-order valence-electron chi connectivity index (χ0n) is 19.1. The van der Waals surface area contributed by atoms with Crippen LogP contribution in [0.2, 0.25) is 0 Å². The number of aliphatic hydroxyl groups excluding tert-OH is 1. The average Bonchev–Trinajstić information content (AvgIpc) is 2.82. The topological polar surface area (TPSA) is 65.5 Å². The minimum atomic E-state index is -0.645. The number of rotatable bonds is 10. The quantitative estimate of drug-likeness (QED) is 0.451. The van der Waals surface area contributed by atoms with Crippen molar-refractivity contribution < 1.29 is 19.4 Å². The molecule has 1 aliphatic rings. The van der Waals surface area contributed by atoms with Gasteiger partial charge in [0, 0.05) is 59.1 Å². The van der Waals surface area contributed by atoms with Gasteiger partial charge in [-0.1, -0.05) is 24.3 Å². The van der Waals surface area contributed by atoms with Crippen LogP contribution in [0.25, 0.3) is 0 Å². The molecule has 1 fully saturated rings. The van der Waals surface area contributed by atoms with Gasteiger partial charge in [0.1, 0.15) is 24.2 Å². The van der Waals surface area contributed by atoms with E-state index in [4.69, 9.17) is 9.47 Å². The number of hydrogen-bond acceptors (Lipinski definition) is 7. The van der Waals surface area contributed by atoms with Crippen molar-refractivity contribution in [3.8, 4) is 11.5 Å². The number of piperazine rings is 1. The highest BCUT2D eigenvalue weighted by molar-refractivity contribution is 6.06. The van der Waals surface area contributed by atoms with Crippen molar-refractivity contribution >= 4 is 11.5 Å². The molecule has 0 amide bonds. The maximum Gasteiger partial charge on any atom is 0.191 e. The molecule has 0 aliphatic carbocycles. The first-order chi connectivity index (χ1) is 15.5. The smallest absolute Gasteiger partial charge is 0.191 e. The summed E-state index contributed by atoms with van der Waals surface area (Å²) in [5.41, 5.74) is 1.59. The second kappa shape index (κ2) is 11.5. The first kappa shape index (κ1) is 23.6. The molecule has 0 spiro atoms. The third-order valence-electron chi connectivity index (χ3n) is 5.37. The zero-order valence-corrected chi connectivity index (χ0v) is 19.1. The summed E-state index contributed by atoms with van der Waals surface area (Å²) >= 11 is 0. The molecule has 1 heterocycles. The largest absolute Gasteiger partial charge is 0.495 e. The molecule has 0 bridgehead atoms. The van der Waals surface area contributed by atoms with Crippen molar-refractivity contribution in [1.82, 2.24) is 9.80 Å². The number of hydrogen-bond donors (Lipinski definition) is 1. The van der Waals surface area contributed by atoms with Gasteiger partial charge in [-0.15, -0.1) is 0 Å².